The summed E-state index contributed by atoms with van der Waals surface area (Å²) in [6.07, 6.45) is -0.952. The average Bonchev–Trinajstić information content (AvgIpc) is 3.70. The molecule has 1 aliphatic rings. The van der Waals surface area contributed by atoms with Gasteiger partial charge in [-0.3, -0.25) is 4.79 Å². The Morgan fingerprint density at radius 2 is 1.69 bits per heavy atom. The van der Waals surface area contributed by atoms with Crippen molar-refractivity contribution < 1.29 is 35.5 Å². The molecule has 1 aliphatic carbocycles. The van der Waals surface area contributed by atoms with Crippen molar-refractivity contribution in [1.82, 2.24) is 9.62 Å². The van der Waals surface area contributed by atoms with Gasteiger partial charge in [-0.25, -0.2) is 12.8 Å². The number of rotatable bonds is 10. The number of ether oxygens (including phenoxy) is 1. The van der Waals surface area contributed by atoms with E-state index in [0.717, 1.165) is 15.4 Å². The first-order valence-electron chi connectivity index (χ1n) is 12.0. The van der Waals surface area contributed by atoms with Gasteiger partial charge in [-0.15, -0.1) is 13.2 Å². The fourth-order valence-electron chi connectivity index (χ4n) is 4.12. The summed E-state index contributed by atoms with van der Waals surface area (Å²) >= 11 is 0. The van der Waals surface area contributed by atoms with E-state index in [1.165, 1.54) is 61.7 Å². The van der Waals surface area contributed by atoms with Gasteiger partial charge in [0.1, 0.15) is 17.1 Å². The van der Waals surface area contributed by atoms with Gasteiger partial charge in [0.2, 0.25) is 15.9 Å². The van der Waals surface area contributed by atoms with Crippen LogP contribution in [0.4, 0.5) is 17.6 Å². The van der Waals surface area contributed by atoms with Gasteiger partial charge in [-0.1, -0.05) is 54.6 Å². The number of hydrogen-bond donors (Lipinski definition) is 1. The molecule has 206 valence electrons. The van der Waals surface area contributed by atoms with E-state index in [0.29, 0.717) is 24.0 Å². The lowest BCUT2D eigenvalue weighted by Gasteiger charge is -2.26. The van der Waals surface area contributed by atoms with Crippen LogP contribution in [-0.4, -0.2) is 43.3 Å². The number of carbonyl (C=O) groups is 1. The highest BCUT2D eigenvalue weighted by Crippen LogP contribution is 2.43. The molecular formula is C28H26F4N2O4S. The molecule has 0 spiro atoms. The molecule has 39 heavy (non-hydrogen) atoms. The number of carbonyl (C=O) groups excluding carboxylic acids is 1. The number of nitrogens with zero attached hydrogens (tertiary/aromatic N) is 1. The van der Waals surface area contributed by atoms with E-state index >= 15 is 0 Å². The Morgan fingerprint density at radius 1 is 1.03 bits per heavy atom. The minimum Gasteiger partial charge on any atom is -0.406 e. The molecule has 0 aromatic heterocycles. The van der Waals surface area contributed by atoms with E-state index < -0.39 is 27.8 Å². The van der Waals surface area contributed by atoms with Gasteiger partial charge in [-0.05, 0) is 65.4 Å². The largest absolute Gasteiger partial charge is 0.573 e. The lowest BCUT2D eigenvalue weighted by molar-refractivity contribution is -0.274. The van der Waals surface area contributed by atoms with Crippen LogP contribution in [0.25, 0.3) is 17.2 Å². The van der Waals surface area contributed by atoms with Crippen LogP contribution < -0.4 is 10.1 Å². The molecule has 0 atom stereocenters. The summed E-state index contributed by atoms with van der Waals surface area (Å²) in [6, 6.07) is 18.2. The molecular weight excluding hydrogens is 536 g/mol. The topological polar surface area (TPSA) is 75.7 Å². The Kier molecular flexibility index (Phi) is 8.12. The number of likely N-dealkylation sites (N-methyl/N-ethyl adjacent to an activating group) is 1. The summed E-state index contributed by atoms with van der Waals surface area (Å²) in [5.41, 5.74) is 1.62. The zero-order chi connectivity index (χ0) is 28.3. The van der Waals surface area contributed by atoms with Crippen molar-refractivity contribution in [2.24, 2.45) is 0 Å². The summed E-state index contributed by atoms with van der Waals surface area (Å²) in [4.78, 5) is 13.0. The second-order valence-corrected chi connectivity index (χ2v) is 11.2. The highest BCUT2D eigenvalue weighted by Gasteiger charge is 2.56. The van der Waals surface area contributed by atoms with Crippen molar-refractivity contribution >= 4 is 22.0 Å². The first-order chi connectivity index (χ1) is 18.4. The third-order valence-corrected chi connectivity index (χ3v) is 8.25. The van der Waals surface area contributed by atoms with E-state index in [1.54, 1.807) is 30.3 Å². The second-order valence-electron chi connectivity index (χ2n) is 9.19. The molecule has 0 bridgehead atoms. The lowest BCUT2D eigenvalue weighted by atomic mass is 10.0. The van der Waals surface area contributed by atoms with Crippen LogP contribution in [0.2, 0.25) is 0 Å². The number of alkyl halides is 3. The zero-order valence-corrected chi connectivity index (χ0v) is 21.7. The van der Waals surface area contributed by atoms with E-state index in [4.69, 9.17) is 0 Å². The Morgan fingerprint density at radius 3 is 2.31 bits per heavy atom. The van der Waals surface area contributed by atoms with Gasteiger partial charge >= 0.3 is 6.36 Å². The quantitative estimate of drug-likeness (QED) is 0.331. The van der Waals surface area contributed by atoms with E-state index in [-0.39, 0.29) is 23.9 Å². The average molecular weight is 563 g/mol. The highest BCUT2D eigenvalue weighted by atomic mass is 32.2. The van der Waals surface area contributed by atoms with Crippen molar-refractivity contribution in [2.45, 2.75) is 31.3 Å². The molecule has 0 aliphatic heterocycles. The molecule has 1 saturated carbocycles. The van der Waals surface area contributed by atoms with Crippen LogP contribution in [0.3, 0.4) is 0 Å². The highest BCUT2D eigenvalue weighted by molar-refractivity contribution is 7.89. The number of hydrogen-bond acceptors (Lipinski definition) is 4. The first-order valence-corrected chi connectivity index (χ1v) is 13.6. The van der Waals surface area contributed by atoms with Crippen LogP contribution in [0, 0.1) is 5.82 Å². The maximum absolute atomic E-state index is 13.0. The molecule has 1 amide bonds. The summed E-state index contributed by atoms with van der Waals surface area (Å²) < 4.78 is 81.1. The minimum absolute atomic E-state index is 0.141. The van der Waals surface area contributed by atoms with Crippen molar-refractivity contribution in [3.8, 4) is 16.9 Å². The number of halogens is 4. The predicted octanol–water partition coefficient (Wildman–Crippen LogP) is 5.52. The summed E-state index contributed by atoms with van der Waals surface area (Å²) in [5, 5.41) is 2.81. The number of benzene rings is 3. The monoisotopic (exact) mass is 562 g/mol. The summed E-state index contributed by atoms with van der Waals surface area (Å²) in [6.45, 7) is 0.141. The van der Waals surface area contributed by atoms with Gasteiger partial charge in [0.25, 0.3) is 0 Å². The SMILES string of the molecule is CN(C1(C(=O)NCc2cccc(-c3ccc(OC(F)(F)F)cc3)c2)CC1)S(=O)(=O)CC=Cc1ccc(F)cc1. The maximum Gasteiger partial charge on any atom is 0.573 e. The molecule has 0 saturated heterocycles. The molecule has 3 aromatic carbocycles. The molecule has 0 unspecified atom stereocenters. The number of nitrogens with one attached hydrogen (secondary N) is 1. The third-order valence-electron chi connectivity index (χ3n) is 6.45. The standard InChI is InChI=1S/C28H26F4N2O4S/c1-34(39(36,37)17-3-5-20-7-11-24(29)12-8-20)27(15-16-27)26(35)33-19-21-4-2-6-23(18-21)22-9-13-25(14-10-22)38-28(30,31)32/h2-14,18H,15-17,19H2,1H3,(H,33,35). The second kappa shape index (κ2) is 11.2. The number of sulfonamides is 1. The van der Waals surface area contributed by atoms with Gasteiger partial charge in [0.05, 0.1) is 5.75 Å². The van der Waals surface area contributed by atoms with E-state index in [2.05, 4.69) is 10.1 Å². The fourth-order valence-corrected chi connectivity index (χ4v) is 5.48. The van der Waals surface area contributed by atoms with Gasteiger partial charge in [0, 0.05) is 13.6 Å². The van der Waals surface area contributed by atoms with Crippen molar-refractivity contribution in [2.75, 3.05) is 12.8 Å². The van der Waals surface area contributed by atoms with Gasteiger partial charge in [-0.2, -0.15) is 4.31 Å². The van der Waals surface area contributed by atoms with E-state index in [1.807, 2.05) is 0 Å². The van der Waals surface area contributed by atoms with Crippen LogP contribution in [0.15, 0.2) is 78.9 Å². The van der Waals surface area contributed by atoms with Crippen molar-refractivity contribution in [3.05, 3.63) is 95.8 Å². The molecule has 0 heterocycles. The van der Waals surface area contributed by atoms with Gasteiger partial charge < -0.3 is 10.1 Å². The Hall–Kier alpha value is -3.70. The van der Waals surface area contributed by atoms with Crippen LogP contribution in [-0.2, 0) is 21.4 Å². The molecule has 1 fully saturated rings. The first kappa shape index (κ1) is 28.3. The fraction of sp³-hybridized carbons (Fsp3) is 0.250. The third kappa shape index (κ3) is 7.24. The summed E-state index contributed by atoms with van der Waals surface area (Å²) in [7, 11) is -2.40. The van der Waals surface area contributed by atoms with Crippen molar-refractivity contribution in [1.29, 1.82) is 0 Å². The van der Waals surface area contributed by atoms with E-state index in [9.17, 15) is 30.8 Å². The Bertz CT molecular complexity index is 1450. The normalized spacial score (nSPS) is 14.9. The Balaban J connectivity index is 1.36. The molecule has 6 nitrogen and oxygen atoms in total. The Labute approximate surface area is 224 Å². The van der Waals surface area contributed by atoms with Crippen molar-refractivity contribution in [3.63, 3.8) is 0 Å². The molecule has 3 aromatic rings. The maximum atomic E-state index is 13.0. The predicted molar refractivity (Wildman–Crippen MR) is 139 cm³/mol. The van der Waals surface area contributed by atoms with Gasteiger partial charge in [0.15, 0.2) is 0 Å². The molecule has 1 N–H and O–H groups in total. The van der Waals surface area contributed by atoms with Crippen LogP contribution in [0.1, 0.15) is 24.0 Å². The zero-order valence-electron chi connectivity index (χ0n) is 20.9. The number of amides is 1. The molecule has 11 heteroatoms. The van der Waals surface area contributed by atoms with Crippen LogP contribution in [0.5, 0.6) is 5.75 Å². The smallest absolute Gasteiger partial charge is 0.406 e. The molecule has 4 rings (SSSR count). The lowest BCUT2D eigenvalue weighted by Crippen LogP contribution is -2.50. The van der Waals surface area contributed by atoms with Crippen LogP contribution >= 0.6 is 0 Å². The summed E-state index contributed by atoms with van der Waals surface area (Å²) in [5.74, 6) is -1.43. The molecule has 0 radical (unpaired) electrons. The minimum atomic E-state index is -4.77.